The molecule has 120 valence electrons. The average Bonchev–Trinajstić information content (AvgIpc) is 2.59. The summed E-state index contributed by atoms with van der Waals surface area (Å²) >= 11 is 0. The third-order valence-corrected chi connectivity index (χ3v) is 5.18. The molecule has 0 aliphatic carbocycles. The van der Waals surface area contributed by atoms with Gasteiger partial charge in [-0.3, -0.25) is 0 Å². The number of halogens is 1. The Balaban J connectivity index is 2.00. The van der Waals surface area contributed by atoms with Crippen LogP contribution in [0.25, 0.3) is 6.08 Å². The van der Waals surface area contributed by atoms with Gasteiger partial charge >= 0.3 is 0 Å². The van der Waals surface area contributed by atoms with Gasteiger partial charge in [0, 0.05) is 5.56 Å². The first-order chi connectivity index (χ1) is 11.5. The van der Waals surface area contributed by atoms with Crippen molar-refractivity contribution in [1.82, 2.24) is 0 Å². The third kappa shape index (κ3) is 3.07. The van der Waals surface area contributed by atoms with Crippen molar-refractivity contribution in [2.75, 3.05) is 6.61 Å². The standard InChI is InChI=1S/C18H12FNO3S/c19-15-5-7-16(8-6-15)24(21,22)17(11-20)10-13-9-14-3-1-2-4-18(14)23-12-13/h1-10H,12H2/b17-10+. The van der Waals surface area contributed by atoms with E-state index >= 15 is 0 Å². The Labute approximate surface area is 139 Å². The van der Waals surface area contributed by atoms with Gasteiger partial charge in [-0.05, 0) is 48.1 Å². The van der Waals surface area contributed by atoms with E-state index in [2.05, 4.69) is 0 Å². The van der Waals surface area contributed by atoms with Gasteiger partial charge in [-0.1, -0.05) is 18.2 Å². The quantitative estimate of drug-likeness (QED) is 0.633. The number of hydrogen-bond acceptors (Lipinski definition) is 4. The summed E-state index contributed by atoms with van der Waals surface area (Å²) in [7, 11) is -4.01. The molecule has 0 saturated heterocycles. The van der Waals surface area contributed by atoms with Gasteiger partial charge in [0.15, 0.2) is 0 Å². The zero-order valence-electron chi connectivity index (χ0n) is 12.4. The maximum Gasteiger partial charge on any atom is 0.216 e. The van der Waals surface area contributed by atoms with Crippen molar-refractivity contribution in [3.8, 4) is 11.8 Å². The zero-order chi connectivity index (χ0) is 17.2. The average molecular weight is 341 g/mol. The van der Waals surface area contributed by atoms with Gasteiger partial charge in [0.2, 0.25) is 9.84 Å². The van der Waals surface area contributed by atoms with Crippen molar-refractivity contribution in [3.05, 3.63) is 76.5 Å². The number of sulfone groups is 1. The number of benzene rings is 2. The zero-order valence-corrected chi connectivity index (χ0v) is 13.3. The minimum absolute atomic E-state index is 0.130. The minimum atomic E-state index is -4.01. The normalized spacial score (nSPS) is 14.2. The van der Waals surface area contributed by atoms with E-state index in [0.717, 1.165) is 29.8 Å². The van der Waals surface area contributed by atoms with Crippen LogP contribution in [0.2, 0.25) is 0 Å². The summed E-state index contributed by atoms with van der Waals surface area (Å²) in [6.45, 7) is 0.168. The molecule has 0 fully saturated rings. The van der Waals surface area contributed by atoms with Crippen LogP contribution in [0.15, 0.2) is 70.0 Å². The predicted octanol–water partition coefficient (Wildman–Crippen LogP) is 3.48. The van der Waals surface area contributed by atoms with E-state index in [1.807, 2.05) is 24.3 Å². The topological polar surface area (TPSA) is 67.2 Å². The number of ether oxygens (including phenoxy) is 1. The van der Waals surface area contributed by atoms with Crippen LogP contribution >= 0.6 is 0 Å². The van der Waals surface area contributed by atoms with Gasteiger partial charge < -0.3 is 4.74 Å². The first-order valence-electron chi connectivity index (χ1n) is 7.05. The number of nitriles is 1. The van der Waals surface area contributed by atoms with Crippen molar-refractivity contribution < 1.29 is 17.5 Å². The van der Waals surface area contributed by atoms with E-state index in [1.54, 1.807) is 12.1 Å². The van der Waals surface area contributed by atoms with Gasteiger partial charge in [0.25, 0.3) is 0 Å². The van der Waals surface area contributed by atoms with Crippen molar-refractivity contribution in [2.45, 2.75) is 4.90 Å². The first-order valence-corrected chi connectivity index (χ1v) is 8.54. The number of fused-ring (bicyclic) bond motifs is 1. The highest BCUT2D eigenvalue weighted by Gasteiger charge is 2.22. The predicted molar refractivity (Wildman–Crippen MR) is 87.2 cm³/mol. The lowest BCUT2D eigenvalue weighted by molar-refractivity contribution is 0.351. The monoisotopic (exact) mass is 341 g/mol. The Morgan fingerprint density at radius 3 is 2.58 bits per heavy atom. The molecule has 0 radical (unpaired) electrons. The van der Waals surface area contributed by atoms with Crippen LogP contribution in [-0.2, 0) is 9.84 Å². The number of para-hydroxylation sites is 1. The molecule has 0 unspecified atom stereocenters. The SMILES string of the molecule is N#C/C(=C\C1=Cc2ccccc2OC1)S(=O)(=O)c1ccc(F)cc1. The van der Waals surface area contributed by atoms with Crippen LogP contribution in [0.1, 0.15) is 5.56 Å². The van der Waals surface area contributed by atoms with Crippen molar-refractivity contribution in [1.29, 1.82) is 5.26 Å². The van der Waals surface area contributed by atoms with Gasteiger partial charge in [-0.15, -0.1) is 0 Å². The fourth-order valence-corrected chi connectivity index (χ4v) is 3.47. The molecule has 2 aromatic carbocycles. The van der Waals surface area contributed by atoms with Crippen molar-refractivity contribution >= 4 is 15.9 Å². The molecular weight excluding hydrogens is 329 g/mol. The molecule has 1 aliphatic heterocycles. The van der Waals surface area contributed by atoms with Gasteiger partial charge in [0.05, 0.1) is 4.90 Å². The molecule has 0 aromatic heterocycles. The van der Waals surface area contributed by atoms with E-state index in [-0.39, 0.29) is 11.5 Å². The number of allylic oxidation sites excluding steroid dienone is 1. The van der Waals surface area contributed by atoms with Gasteiger partial charge in [-0.25, -0.2) is 12.8 Å². The lowest BCUT2D eigenvalue weighted by atomic mass is 10.1. The molecule has 4 nitrogen and oxygen atoms in total. The summed E-state index contributed by atoms with van der Waals surface area (Å²) in [5.74, 6) is 0.158. The van der Waals surface area contributed by atoms with Crippen LogP contribution in [0.5, 0.6) is 5.75 Å². The van der Waals surface area contributed by atoms with Gasteiger partial charge in [0.1, 0.15) is 29.1 Å². The Hall–Kier alpha value is -2.91. The second-order valence-electron chi connectivity index (χ2n) is 5.12. The summed E-state index contributed by atoms with van der Waals surface area (Å²) in [5.41, 5.74) is 1.38. The summed E-state index contributed by atoms with van der Waals surface area (Å²) in [6, 6.07) is 13.4. The molecule has 1 heterocycles. The second kappa shape index (κ2) is 6.30. The lowest BCUT2D eigenvalue weighted by Crippen LogP contribution is -2.09. The Morgan fingerprint density at radius 2 is 1.88 bits per heavy atom. The van der Waals surface area contributed by atoms with E-state index < -0.39 is 20.6 Å². The molecule has 0 saturated carbocycles. The minimum Gasteiger partial charge on any atom is -0.488 e. The van der Waals surface area contributed by atoms with Crippen LogP contribution in [0, 0.1) is 17.1 Å². The highest BCUT2D eigenvalue weighted by atomic mass is 32.2. The summed E-state index contributed by atoms with van der Waals surface area (Å²) in [6.07, 6.45) is 3.06. The lowest BCUT2D eigenvalue weighted by Gasteiger charge is -2.16. The van der Waals surface area contributed by atoms with E-state index in [4.69, 9.17) is 4.74 Å². The molecule has 3 rings (SSSR count). The summed E-state index contributed by atoms with van der Waals surface area (Å²) < 4.78 is 43.5. The van der Waals surface area contributed by atoms with Crippen molar-refractivity contribution in [3.63, 3.8) is 0 Å². The molecule has 6 heteroatoms. The second-order valence-corrected chi connectivity index (χ2v) is 7.04. The van der Waals surface area contributed by atoms with E-state index in [1.165, 1.54) is 6.08 Å². The molecule has 0 amide bonds. The summed E-state index contributed by atoms with van der Waals surface area (Å²) in [4.78, 5) is -0.544. The van der Waals surface area contributed by atoms with Crippen LogP contribution < -0.4 is 4.74 Å². The highest BCUT2D eigenvalue weighted by Crippen LogP contribution is 2.28. The number of hydrogen-bond donors (Lipinski definition) is 0. The van der Waals surface area contributed by atoms with Crippen LogP contribution in [-0.4, -0.2) is 15.0 Å². The number of nitrogens with zero attached hydrogens (tertiary/aromatic N) is 1. The molecule has 0 spiro atoms. The Kier molecular flexibility index (Phi) is 4.19. The van der Waals surface area contributed by atoms with E-state index in [0.29, 0.717) is 11.3 Å². The first kappa shape index (κ1) is 16.0. The highest BCUT2D eigenvalue weighted by molar-refractivity contribution is 7.95. The van der Waals surface area contributed by atoms with Crippen LogP contribution in [0.4, 0.5) is 4.39 Å². The smallest absolute Gasteiger partial charge is 0.216 e. The number of rotatable bonds is 3. The molecule has 1 aliphatic rings. The maximum absolute atomic E-state index is 13.0. The fourth-order valence-electron chi connectivity index (χ4n) is 2.30. The molecular formula is C18H12FNO3S. The third-order valence-electron chi connectivity index (χ3n) is 3.49. The molecule has 0 bridgehead atoms. The van der Waals surface area contributed by atoms with Crippen molar-refractivity contribution in [2.24, 2.45) is 0 Å². The molecule has 0 N–H and O–H groups in total. The van der Waals surface area contributed by atoms with Crippen LogP contribution in [0.3, 0.4) is 0 Å². The fraction of sp³-hybridized carbons (Fsp3) is 0.0556. The maximum atomic E-state index is 13.0. The van der Waals surface area contributed by atoms with Gasteiger partial charge in [-0.2, -0.15) is 5.26 Å². The molecule has 2 aromatic rings. The largest absolute Gasteiger partial charge is 0.488 e. The Morgan fingerprint density at radius 1 is 1.17 bits per heavy atom. The molecule has 24 heavy (non-hydrogen) atoms. The van der Waals surface area contributed by atoms with E-state index in [9.17, 15) is 18.1 Å². The summed E-state index contributed by atoms with van der Waals surface area (Å²) in [5, 5.41) is 9.26. The molecule has 0 atom stereocenters. The Bertz CT molecular complexity index is 984.